The van der Waals surface area contributed by atoms with E-state index in [2.05, 4.69) is 19.2 Å². The van der Waals surface area contributed by atoms with Crippen molar-refractivity contribution in [2.45, 2.75) is 262 Å². The molecule has 1 rings (SSSR count). The van der Waals surface area contributed by atoms with Crippen molar-refractivity contribution in [2.24, 2.45) is 0 Å². The Morgan fingerprint density at radius 3 is 1.42 bits per heavy atom. The minimum atomic E-state index is -1.56. The summed E-state index contributed by atoms with van der Waals surface area (Å²) in [5.41, 5.74) is 0. The molecule has 55 heavy (non-hydrogen) atoms. The number of allylic oxidation sites excluding steroid dienone is 1. The largest absolute Gasteiger partial charge is 0.394 e. The first-order valence-corrected chi connectivity index (χ1v) is 23.4. The molecule has 1 aliphatic rings. The number of carbonyl (C=O) groups excluding carboxylic acids is 1. The molecule has 1 heterocycles. The standard InChI is InChI=1S/C46H89NO8/c1-3-5-7-9-10-11-12-13-14-15-16-17-18-19-20-21-22-23-24-25-26-27-28-29-30-32-33-35-40(49)39(47-42(50)36-34-31-8-6-4-2)38-54-46-45(53)44(52)43(51)41(37-48)55-46/h33,35,39-41,43-46,48-49,51-53H,3-32,34,36-38H2,1-2H3,(H,47,50)/b35-33+. The van der Waals surface area contributed by atoms with E-state index < -0.39 is 49.5 Å². The lowest BCUT2D eigenvalue weighted by Gasteiger charge is -2.40. The molecule has 0 bridgehead atoms. The second-order valence-corrected chi connectivity index (χ2v) is 16.6. The Morgan fingerprint density at radius 1 is 0.600 bits per heavy atom. The number of carbonyl (C=O) groups is 1. The number of hydrogen-bond donors (Lipinski definition) is 6. The molecule has 7 unspecified atom stereocenters. The number of nitrogens with one attached hydrogen (secondary N) is 1. The van der Waals surface area contributed by atoms with Gasteiger partial charge in [0.1, 0.15) is 24.4 Å². The van der Waals surface area contributed by atoms with Crippen LogP contribution in [0.2, 0.25) is 0 Å². The van der Waals surface area contributed by atoms with E-state index in [-0.39, 0.29) is 12.5 Å². The van der Waals surface area contributed by atoms with Gasteiger partial charge < -0.3 is 40.3 Å². The van der Waals surface area contributed by atoms with Crippen molar-refractivity contribution in [1.29, 1.82) is 0 Å². The third-order valence-corrected chi connectivity index (χ3v) is 11.4. The maximum absolute atomic E-state index is 12.7. The van der Waals surface area contributed by atoms with Gasteiger partial charge in [-0.05, 0) is 19.3 Å². The number of unbranched alkanes of at least 4 members (excludes halogenated alkanes) is 29. The summed E-state index contributed by atoms with van der Waals surface area (Å²) in [6, 6.07) is -0.796. The van der Waals surface area contributed by atoms with Gasteiger partial charge in [-0.3, -0.25) is 4.79 Å². The quantitative estimate of drug-likeness (QED) is 0.0267. The van der Waals surface area contributed by atoms with Crippen LogP contribution in [0, 0.1) is 0 Å². The Balaban J connectivity index is 2.12. The summed E-state index contributed by atoms with van der Waals surface area (Å²) >= 11 is 0. The Labute approximate surface area is 337 Å². The highest BCUT2D eigenvalue weighted by molar-refractivity contribution is 5.76. The number of ether oxygens (including phenoxy) is 2. The molecule has 9 heteroatoms. The lowest BCUT2D eigenvalue weighted by Crippen LogP contribution is -2.60. The monoisotopic (exact) mass is 784 g/mol. The molecule has 6 N–H and O–H groups in total. The number of hydrogen-bond acceptors (Lipinski definition) is 8. The normalized spacial score (nSPS) is 21.3. The van der Waals surface area contributed by atoms with Crippen molar-refractivity contribution in [1.82, 2.24) is 5.32 Å². The van der Waals surface area contributed by atoms with Crippen LogP contribution < -0.4 is 5.32 Å². The Morgan fingerprint density at radius 2 is 1.00 bits per heavy atom. The Hall–Kier alpha value is -1.07. The van der Waals surface area contributed by atoms with Gasteiger partial charge in [-0.2, -0.15) is 0 Å². The first-order chi connectivity index (χ1) is 26.8. The highest BCUT2D eigenvalue weighted by atomic mass is 16.7. The third kappa shape index (κ3) is 28.1. The molecule has 0 saturated carbocycles. The van der Waals surface area contributed by atoms with Gasteiger partial charge in [0, 0.05) is 6.42 Å². The molecule has 9 nitrogen and oxygen atoms in total. The second kappa shape index (κ2) is 37.2. The molecule has 0 radical (unpaired) electrons. The van der Waals surface area contributed by atoms with Gasteiger partial charge >= 0.3 is 0 Å². The number of amides is 1. The highest BCUT2D eigenvalue weighted by Gasteiger charge is 2.44. The molecule has 1 saturated heterocycles. The zero-order valence-electron chi connectivity index (χ0n) is 35.7. The summed E-state index contributed by atoms with van der Waals surface area (Å²) in [5, 5.41) is 53.8. The lowest BCUT2D eigenvalue weighted by molar-refractivity contribution is -0.302. The zero-order chi connectivity index (χ0) is 40.2. The molecule has 0 aromatic carbocycles. The highest BCUT2D eigenvalue weighted by Crippen LogP contribution is 2.23. The van der Waals surface area contributed by atoms with Crippen LogP contribution in [0.25, 0.3) is 0 Å². The van der Waals surface area contributed by atoms with Crippen LogP contribution in [-0.2, 0) is 14.3 Å². The van der Waals surface area contributed by atoms with E-state index >= 15 is 0 Å². The summed E-state index contributed by atoms with van der Waals surface area (Å²) in [7, 11) is 0. The van der Waals surface area contributed by atoms with Crippen molar-refractivity contribution in [3.8, 4) is 0 Å². The van der Waals surface area contributed by atoms with Crippen molar-refractivity contribution < 1.29 is 39.8 Å². The maximum atomic E-state index is 12.7. The molecule has 0 aliphatic carbocycles. The van der Waals surface area contributed by atoms with Crippen molar-refractivity contribution >= 4 is 5.91 Å². The average Bonchev–Trinajstić information content (AvgIpc) is 3.18. The lowest BCUT2D eigenvalue weighted by atomic mass is 9.99. The molecule has 1 fully saturated rings. The molecule has 326 valence electrons. The fourth-order valence-corrected chi connectivity index (χ4v) is 7.57. The molecule has 1 amide bonds. The van der Waals surface area contributed by atoms with Crippen LogP contribution in [0.1, 0.15) is 219 Å². The first-order valence-electron chi connectivity index (χ1n) is 23.4. The van der Waals surface area contributed by atoms with Crippen molar-refractivity contribution in [3.63, 3.8) is 0 Å². The third-order valence-electron chi connectivity index (χ3n) is 11.4. The molecule has 0 aromatic rings. The number of aliphatic hydroxyl groups excluding tert-OH is 5. The fourth-order valence-electron chi connectivity index (χ4n) is 7.57. The summed E-state index contributed by atoms with van der Waals surface area (Å²) in [5.74, 6) is -0.188. The van der Waals surface area contributed by atoms with Crippen LogP contribution in [0.5, 0.6) is 0 Å². The van der Waals surface area contributed by atoms with Crippen molar-refractivity contribution in [3.05, 3.63) is 12.2 Å². The summed E-state index contributed by atoms with van der Waals surface area (Å²) in [6.45, 7) is 3.69. The molecule has 1 aliphatic heterocycles. The van der Waals surface area contributed by atoms with E-state index in [9.17, 15) is 30.3 Å². The fraction of sp³-hybridized carbons (Fsp3) is 0.935. The van der Waals surface area contributed by atoms with E-state index in [1.807, 2.05) is 6.08 Å². The smallest absolute Gasteiger partial charge is 0.220 e. The molecule has 0 spiro atoms. The van der Waals surface area contributed by atoms with Gasteiger partial charge in [-0.15, -0.1) is 0 Å². The van der Waals surface area contributed by atoms with Crippen LogP contribution in [-0.4, -0.2) is 87.5 Å². The van der Waals surface area contributed by atoms with Crippen LogP contribution in [0.3, 0.4) is 0 Å². The van der Waals surface area contributed by atoms with Crippen molar-refractivity contribution in [2.75, 3.05) is 13.2 Å². The van der Waals surface area contributed by atoms with Crippen LogP contribution in [0.4, 0.5) is 0 Å². The predicted molar refractivity (Wildman–Crippen MR) is 226 cm³/mol. The minimum Gasteiger partial charge on any atom is -0.394 e. The Kier molecular flexibility index (Phi) is 35.2. The average molecular weight is 784 g/mol. The van der Waals surface area contributed by atoms with Gasteiger partial charge in [0.25, 0.3) is 0 Å². The minimum absolute atomic E-state index is 0.185. The number of rotatable bonds is 39. The van der Waals surface area contributed by atoms with E-state index in [1.54, 1.807) is 6.08 Å². The molecular weight excluding hydrogens is 695 g/mol. The van der Waals surface area contributed by atoms with E-state index in [1.165, 1.54) is 148 Å². The summed E-state index contributed by atoms with van der Waals surface area (Å²) in [6.07, 6.45) is 36.1. The topological polar surface area (TPSA) is 149 Å². The first kappa shape index (κ1) is 51.9. The van der Waals surface area contributed by atoms with E-state index in [4.69, 9.17) is 9.47 Å². The molecular formula is C46H89NO8. The number of aliphatic hydroxyl groups is 5. The van der Waals surface area contributed by atoms with E-state index in [0.717, 1.165) is 51.4 Å². The van der Waals surface area contributed by atoms with Gasteiger partial charge in [-0.1, -0.05) is 206 Å². The Bertz CT molecular complexity index is 873. The predicted octanol–water partition coefficient (Wildman–Crippen LogP) is 9.73. The summed E-state index contributed by atoms with van der Waals surface area (Å²) in [4.78, 5) is 12.7. The van der Waals surface area contributed by atoms with Gasteiger partial charge in [0.15, 0.2) is 6.29 Å². The van der Waals surface area contributed by atoms with Crippen LogP contribution >= 0.6 is 0 Å². The van der Waals surface area contributed by atoms with Gasteiger partial charge in [-0.25, -0.2) is 0 Å². The van der Waals surface area contributed by atoms with E-state index in [0.29, 0.717) is 6.42 Å². The molecule has 7 atom stereocenters. The molecule has 0 aromatic heterocycles. The maximum Gasteiger partial charge on any atom is 0.220 e. The van der Waals surface area contributed by atoms with Gasteiger partial charge in [0.2, 0.25) is 5.91 Å². The zero-order valence-corrected chi connectivity index (χ0v) is 35.7. The van der Waals surface area contributed by atoms with Gasteiger partial charge in [0.05, 0.1) is 25.4 Å². The second-order valence-electron chi connectivity index (χ2n) is 16.6. The summed E-state index contributed by atoms with van der Waals surface area (Å²) < 4.78 is 11.1. The van der Waals surface area contributed by atoms with Crippen LogP contribution in [0.15, 0.2) is 12.2 Å². The SMILES string of the molecule is CCCCCCCCCCCCCCCCCCCCCCCCCCC/C=C/C(O)C(COC1OC(CO)C(O)C(O)C1O)NC(=O)CCCCCCC.